The van der Waals surface area contributed by atoms with Gasteiger partial charge in [-0.25, -0.2) is 13.1 Å². The number of aliphatic carboxylic acids is 1. The number of benzene rings is 1. The third kappa shape index (κ3) is 3.58. The molecule has 2 atom stereocenters. The van der Waals surface area contributed by atoms with E-state index in [9.17, 15) is 13.2 Å². The molecular formula is C13H14N2O5S. The van der Waals surface area contributed by atoms with E-state index in [-0.39, 0.29) is 24.5 Å². The van der Waals surface area contributed by atoms with E-state index in [1.54, 1.807) is 12.1 Å². The second-order valence-corrected chi connectivity index (χ2v) is 6.40. The van der Waals surface area contributed by atoms with Crippen LogP contribution in [0.2, 0.25) is 0 Å². The Labute approximate surface area is 122 Å². The van der Waals surface area contributed by atoms with Gasteiger partial charge in [0.15, 0.2) is 0 Å². The van der Waals surface area contributed by atoms with E-state index in [1.165, 1.54) is 12.1 Å². The van der Waals surface area contributed by atoms with Crippen molar-refractivity contribution in [2.45, 2.75) is 17.4 Å². The monoisotopic (exact) mass is 310 g/mol. The van der Waals surface area contributed by atoms with Gasteiger partial charge in [-0.1, -0.05) is 12.1 Å². The zero-order valence-corrected chi connectivity index (χ0v) is 11.8. The molecule has 2 N–H and O–H groups in total. The smallest absolute Gasteiger partial charge is 0.310 e. The number of hydrogen-bond donors (Lipinski definition) is 2. The van der Waals surface area contributed by atoms with Gasteiger partial charge >= 0.3 is 5.97 Å². The Kier molecular flexibility index (Phi) is 4.57. The molecule has 0 aliphatic carbocycles. The summed E-state index contributed by atoms with van der Waals surface area (Å²) in [4.78, 5) is 11.0. The Balaban J connectivity index is 2.15. The molecule has 112 valence electrons. The molecule has 0 radical (unpaired) electrons. The highest BCUT2D eigenvalue weighted by Gasteiger charge is 2.36. The maximum Gasteiger partial charge on any atom is 0.310 e. The van der Waals surface area contributed by atoms with Crippen LogP contribution in [0.15, 0.2) is 29.2 Å². The molecular weight excluding hydrogens is 296 g/mol. The van der Waals surface area contributed by atoms with E-state index in [4.69, 9.17) is 15.1 Å². The molecule has 1 aliphatic heterocycles. The quantitative estimate of drug-likeness (QED) is 0.798. The van der Waals surface area contributed by atoms with Gasteiger partial charge in [0.1, 0.15) is 0 Å². The normalized spacial score (nSPS) is 21.9. The maximum absolute atomic E-state index is 12.2. The van der Waals surface area contributed by atoms with Gasteiger partial charge in [0.05, 0.1) is 42.6 Å². The van der Waals surface area contributed by atoms with Gasteiger partial charge in [0.2, 0.25) is 10.0 Å². The summed E-state index contributed by atoms with van der Waals surface area (Å²) < 4.78 is 31.8. The molecule has 1 aromatic carbocycles. The van der Waals surface area contributed by atoms with Crippen molar-refractivity contribution >= 4 is 16.0 Å². The van der Waals surface area contributed by atoms with E-state index >= 15 is 0 Å². The molecule has 0 saturated carbocycles. The van der Waals surface area contributed by atoms with Gasteiger partial charge < -0.3 is 9.84 Å². The molecule has 0 bridgehead atoms. The first-order valence-corrected chi connectivity index (χ1v) is 7.71. The van der Waals surface area contributed by atoms with Gasteiger partial charge in [0, 0.05) is 0 Å². The molecule has 1 saturated heterocycles. The number of hydrogen-bond acceptors (Lipinski definition) is 5. The van der Waals surface area contributed by atoms with Crippen molar-refractivity contribution in [3.8, 4) is 6.07 Å². The molecule has 1 aromatic rings. The number of carbonyl (C=O) groups is 1. The second-order valence-electron chi connectivity index (χ2n) is 4.69. The third-order valence-electron chi connectivity index (χ3n) is 3.22. The van der Waals surface area contributed by atoms with Crippen LogP contribution in [0, 0.1) is 17.2 Å². The van der Waals surface area contributed by atoms with E-state index in [2.05, 4.69) is 4.72 Å². The summed E-state index contributed by atoms with van der Waals surface area (Å²) in [5.41, 5.74) is 0.712. The van der Waals surface area contributed by atoms with Gasteiger partial charge in [-0.2, -0.15) is 5.26 Å². The van der Waals surface area contributed by atoms with Crippen LogP contribution >= 0.6 is 0 Å². The van der Waals surface area contributed by atoms with E-state index < -0.39 is 28.0 Å². The molecule has 1 heterocycles. The first kappa shape index (κ1) is 15.4. The van der Waals surface area contributed by atoms with Gasteiger partial charge in [-0.3, -0.25) is 4.79 Å². The van der Waals surface area contributed by atoms with Gasteiger partial charge in [-0.05, 0) is 17.7 Å². The minimum atomic E-state index is -3.82. The minimum absolute atomic E-state index is 0.0103. The van der Waals surface area contributed by atoms with Gasteiger partial charge in [-0.15, -0.1) is 0 Å². The van der Waals surface area contributed by atoms with Crippen molar-refractivity contribution in [2.24, 2.45) is 5.92 Å². The average molecular weight is 310 g/mol. The molecule has 1 fully saturated rings. The SMILES string of the molecule is N#CCc1ccc(S(=O)(=O)NC2COCC2C(=O)O)cc1. The topological polar surface area (TPSA) is 116 Å². The summed E-state index contributed by atoms with van der Waals surface area (Å²) in [5, 5.41) is 17.6. The molecule has 8 heteroatoms. The fourth-order valence-corrected chi connectivity index (χ4v) is 3.32. The number of nitrogens with one attached hydrogen (secondary N) is 1. The molecule has 7 nitrogen and oxygen atoms in total. The van der Waals surface area contributed by atoms with Gasteiger partial charge in [0.25, 0.3) is 0 Å². The van der Waals surface area contributed by atoms with E-state index in [0.29, 0.717) is 5.56 Å². The number of rotatable bonds is 5. The summed E-state index contributed by atoms with van der Waals surface area (Å²) in [6.45, 7) is 0.0202. The van der Waals surface area contributed by atoms with Crippen molar-refractivity contribution in [3.63, 3.8) is 0 Å². The minimum Gasteiger partial charge on any atom is -0.481 e. The largest absolute Gasteiger partial charge is 0.481 e. The maximum atomic E-state index is 12.2. The molecule has 1 aliphatic rings. The van der Waals surface area contributed by atoms with E-state index in [1.807, 2.05) is 6.07 Å². The fourth-order valence-electron chi connectivity index (χ4n) is 2.06. The zero-order valence-electron chi connectivity index (χ0n) is 11.0. The van der Waals surface area contributed by atoms with Crippen molar-refractivity contribution in [2.75, 3.05) is 13.2 Å². The number of ether oxygens (including phenoxy) is 1. The zero-order chi connectivity index (χ0) is 15.5. The summed E-state index contributed by atoms with van der Waals surface area (Å²) in [7, 11) is -3.82. The number of carboxylic acids is 1. The van der Waals surface area contributed by atoms with Crippen LogP contribution in [0.5, 0.6) is 0 Å². The lowest BCUT2D eigenvalue weighted by molar-refractivity contribution is -0.142. The highest BCUT2D eigenvalue weighted by molar-refractivity contribution is 7.89. The second kappa shape index (κ2) is 6.22. The Morgan fingerprint density at radius 1 is 1.38 bits per heavy atom. The Morgan fingerprint density at radius 3 is 2.62 bits per heavy atom. The van der Waals surface area contributed by atoms with Crippen LogP contribution in [0.1, 0.15) is 5.56 Å². The number of carboxylic acid groups (broad SMARTS) is 1. The van der Waals surface area contributed by atoms with Crippen LogP contribution in [0.25, 0.3) is 0 Å². The average Bonchev–Trinajstić information content (AvgIpc) is 2.87. The Hall–Kier alpha value is -1.95. The Bertz CT molecular complexity index is 663. The van der Waals surface area contributed by atoms with E-state index in [0.717, 1.165) is 0 Å². The summed E-state index contributed by atoms with van der Waals surface area (Å²) in [6.07, 6.45) is 0.200. The number of nitriles is 1. The lowest BCUT2D eigenvalue weighted by Crippen LogP contribution is -2.42. The summed E-state index contributed by atoms with van der Waals surface area (Å²) in [5.74, 6) is -1.98. The van der Waals surface area contributed by atoms with Crippen molar-refractivity contribution in [1.29, 1.82) is 5.26 Å². The highest BCUT2D eigenvalue weighted by atomic mass is 32.2. The standard InChI is InChI=1S/C13H14N2O5S/c14-6-5-9-1-3-10(4-2-9)21(18,19)15-12-8-20-7-11(12)13(16)17/h1-4,11-12,15H,5,7-8H2,(H,16,17). The molecule has 0 aromatic heterocycles. The molecule has 21 heavy (non-hydrogen) atoms. The lowest BCUT2D eigenvalue weighted by atomic mass is 10.1. The summed E-state index contributed by atoms with van der Waals surface area (Å²) in [6, 6.07) is 7.07. The predicted octanol–water partition coefficient (Wildman–Crippen LogP) is 0.131. The first-order valence-electron chi connectivity index (χ1n) is 6.23. The summed E-state index contributed by atoms with van der Waals surface area (Å²) >= 11 is 0. The fraction of sp³-hybridized carbons (Fsp3) is 0.385. The van der Waals surface area contributed by atoms with Crippen LogP contribution in [-0.4, -0.2) is 38.7 Å². The van der Waals surface area contributed by atoms with Crippen molar-refractivity contribution < 1.29 is 23.1 Å². The van der Waals surface area contributed by atoms with Crippen LogP contribution in [0.3, 0.4) is 0 Å². The third-order valence-corrected chi connectivity index (χ3v) is 4.73. The highest BCUT2D eigenvalue weighted by Crippen LogP contribution is 2.18. The lowest BCUT2D eigenvalue weighted by Gasteiger charge is -2.16. The Morgan fingerprint density at radius 2 is 2.05 bits per heavy atom. The predicted molar refractivity (Wildman–Crippen MR) is 71.8 cm³/mol. The molecule has 0 spiro atoms. The van der Waals surface area contributed by atoms with Crippen LogP contribution in [-0.2, 0) is 26.0 Å². The van der Waals surface area contributed by atoms with Crippen LogP contribution in [0.4, 0.5) is 0 Å². The first-order chi connectivity index (χ1) is 9.94. The number of sulfonamides is 1. The van der Waals surface area contributed by atoms with Crippen LogP contribution < -0.4 is 4.72 Å². The number of nitrogens with zero attached hydrogens (tertiary/aromatic N) is 1. The van der Waals surface area contributed by atoms with Crippen molar-refractivity contribution in [1.82, 2.24) is 4.72 Å². The molecule has 2 rings (SSSR count). The molecule has 0 amide bonds. The van der Waals surface area contributed by atoms with Crippen molar-refractivity contribution in [3.05, 3.63) is 29.8 Å². The molecule has 2 unspecified atom stereocenters.